The van der Waals surface area contributed by atoms with E-state index < -0.39 is 0 Å². The van der Waals surface area contributed by atoms with Gasteiger partial charge in [0.05, 0.1) is 6.26 Å². The minimum absolute atomic E-state index is 0.151. The highest BCUT2D eigenvalue weighted by Gasteiger charge is 2.10. The van der Waals surface area contributed by atoms with Crippen molar-refractivity contribution in [1.82, 2.24) is 10.3 Å². The van der Waals surface area contributed by atoms with Crippen LogP contribution in [0.5, 0.6) is 5.75 Å². The van der Waals surface area contributed by atoms with Crippen molar-refractivity contribution in [1.29, 1.82) is 0 Å². The lowest BCUT2D eigenvalue weighted by Crippen LogP contribution is -2.28. The predicted octanol–water partition coefficient (Wildman–Crippen LogP) is 3.18. The highest BCUT2D eigenvalue weighted by molar-refractivity contribution is 5.77. The Hall–Kier alpha value is -3.15. The lowest BCUT2D eigenvalue weighted by Gasteiger charge is -2.09. The van der Waals surface area contributed by atoms with Gasteiger partial charge in [0, 0.05) is 18.3 Å². The standard InChI is InChI=1S/C18H15FN2O3/c19-14-5-7-15(8-6-14)24-12-17(22)21-11-13-3-1-9-20-18(13)16-4-2-10-23-16/h1-10H,11-12H2,(H,21,22). The van der Waals surface area contributed by atoms with Gasteiger partial charge in [-0.2, -0.15) is 0 Å². The number of nitrogens with one attached hydrogen (secondary N) is 1. The van der Waals surface area contributed by atoms with E-state index in [2.05, 4.69) is 10.3 Å². The summed E-state index contributed by atoms with van der Waals surface area (Å²) in [6, 6.07) is 12.7. The fourth-order valence-corrected chi connectivity index (χ4v) is 2.14. The van der Waals surface area contributed by atoms with Crippen molar-refractivity contribution in [2.75, 3.05) is 6.61 Å². The maximum absolute atomic E-state index is 12.8. The van der Waals surface area contributed by atoms with E-state index in [0.717, 1.165) is 5.56 Å². The van der Waals surface area contributed by atoms with Crippen LogP contribution in [0.15, 0.2) is 65.4 Å². The summed E-state index contributed by atoms with van der Waals surface area (Å²) < 4.78 is 23.5. The van der Waals surface area contributed by atoms with E-state index in [-0.39, 0.29) is 18.3 Å². The molecule has 0 bridgehead atoms. The number of nitrogens with zero attached hydrogens (tertiary/aromatic N) is 1. The van der Waals surface area contributed by atoms with Crippen molar-refractivity contribution in [3.8, 4) is 17.2 Å². The minimum atomic E-state index is -0.353. The van der Waals surface area contributed by atoms with E-state index >= 15 is 0 Å². The van der Waals surface area contributed by atoms with Gasteiger partial charge in [-0.25, -0.2) is 4.39 Å². The summed E-state index contributed by atoms with van der Waals surface area (Å²) in [5.41, 5.74) is 1.52. The molecule has 1 aromatic carbocycles. The van der Waals surface area contributed by atoms with E-state index in [9.17, 15) is 9.18 Å². The van der Waals surface area contributed by atoms with Gasteiger partial charge < -0.3 is 14.5 Å². The monoisotopic (exact) mass is 326 g/mol. The molecule has 24 heavy (non-hydrogen) atoms. The van der Waals surface area contributed by atoms with Crippen LogP contribution in [0.3, 0.4) is 0 Å². The third kappa shape index (κ3) is 3.98. The molecular formula is C18H15FN2O3. The van der Waals surface area contributed by atoms with Gasteiger partial charge in [0.25, 0.3) is 5.91 Å². The van der Waals surface area contributed by atoms with Crippen LogP contribution >= 0.6 is 0 Å². The third-order valence-corrected chi connectivity index (χ3v) is 3.31. The SMILES string of the molecule is O=C(COc1ccc(F)cc1)NCc1cccnc1-c1ccco1. The van der Waals surface area contributed by atoms with Gasteiger partial charge in [0.1, 0.15) is 17.3 Å². The van der Waals surface area contributed by atoms with Crippen LogP contribution in [0.1, 0.15) is 5.56 Å². The molecule has 0 unspecified atom stereocenters. The van der Waals surface area contributed by atoms with Crippen LogP contribution in [0, 0.1) is 5.82 Å². The zero-order valence-electron chi connectivity index (χ0n) is 12.7. The highest BCUT2D eigenvalue weighted by atomic mass is 19.1. The normalized spacial score (nSPS) is 10.4. The molecule has 3 rings (SSSR count). The van der Waals surface area contributed by atoms with E-state index in [0.29, 0.717) is 23.7 Å². The molecule has 1 amide bonds. The molecule has 0 aliphatic rings. The van der Waals surface area contributed by atoms with Gasteiger partial charge >= 0.3 is 0 Å². The molecule has 0 saturated carbocycles. The number of ether oxygens (including phenoxy) is 1. The first-order valence-electron chi connectivity index (χ1n) is 7.35. The maximum Gasteiger partial charge on any atom is 0.258 e. The molecule has 6 heteroatoms. The molecule has 0 radical (unpaired) electrons. The van der Waals surface area contributed by atoms with E-state index in [4.69, 9.17) is 9.15 Å². The van der Waals surface area contributed by atoms with Crippen molar-refractivity contribution in [2.24, 2.45) is 0 Å². The largest absolute Gasteiger partial charge is 0.484 e. The number of rotatable bonds is 6. The molecule has 0 atom stereocenters. The predicted molar refractivity (Wildman–Crippen MR) is 85.7 cm³/mol. The number of amides is 1. The zero-order chi connectivity index (χ0) is 16.8. The van der Waals surface area contributed by atoms with Gasteiger partial charge in [-0.3, -0.25) is 9.78 Å². The minimum Gasteiger partial charge on any atom is -0.484 e. The first kappa shape index (κ1) is 15.7. The van der Waals surface area contributed by atoms with Crippen LogP contribution in [0.25, 0.3) is 11.5 Å². The lowest BCUT2D eigenvalue weighted by atomic mass is 10.1. The molecule has 3 aromatic rings. The molecule has 5 nitrogen and oxygen atoms in total. The van der Waals surface area contributed by atoms with Crippen LogP contribution in [-0.4, -0.2) is 17.5 Å². The fourth-order valence-electron chi connectivity index (χ4n) is 2.14. The van der Waals surface area contributed by atoms with Crippen molar-refractivity contribution in [3.05, 3.63) is 72.4 Å². The fraction of sp³-hybridized carbons (Fsp3) is 0.111. The second-order valence-corrected chi connectivity index (χ2v) is 5.01. The molecular weight excluding hydrogens is 311 g/mol. The topological polar surface area (TPSA) is 64.4 Å². The van der Waals surface area contributed by atoms with Gasteiger partial charge in [-0.05, 0) is 42.5 Å². The zero-order valence-corrected chi connectivity index (χ0v) is 12.7. The number of hydrogen-bond donors (Lipinski definition) is 1. The number of halogens is 1. The average molecular weight is 326 g/mol. The number of benzene rings is 1. The number of aromatic nitrogens is 1. The summed E-state index contributed by atoms with van der Waals surface area (Å²) in [5, 5.41) is 2.76. The first-order valence-corrected chi connectivity index (χ1v) is 7.35. The Kier molecular flexibility index (Phi) is 4.86. The van der Waals surface area contributed by atoms with Crippen molar-refractivity contribution in [3.63, 3.8) is 0 Å². The molecule has 2 aromatic heterocycles. The van der Waals surface area contributed by atoms with Crippen LogP contribution in [0.2, 0.25) is 0 Å². The van der Waals surface area contributed by atoms with Gasteiger partial charge in [0.2, 0.25) is 0 Å². The average Bonchev–Trinajstić information content (AvgIpc) is 3.14. The highest BCUT2D eigenvalue weighted by Crippen LogP contribution is 2.21. The molecule has 0 saturated heterocycles. The van der Waals surface area contributed by atoms with E-state index in [1.165, 1.54) is 24.3 Å². The van der Waals surface area contributed by atoms with Gasteiger partial charge in [0.15, 0.2) is 12.4 Å². The Morgan fingerprint density at radius 3 is 2.75 bits per heavy atom. The summed E-state index contributed by atoms with van der Waals surface area (Å²) in [5.74, 6) is 0.439. The summed E-state index contributed by atoms with van der Waals surface area (Å²) in [6.07, 6.45) is 3.24. The Morgan fingerprint density at radius 1 is 1.17 bits per heavy atom. The Bertz CT molecular complexity index is 801. The number of carbonyl (C=O) groups is 1. The number of pyridine rings is 1. The summed E-state index contributed by atoms with van der Waals surface area (Å²) in [6.45, 7) is 0.150. The molecule has 122 valence electrons. The Labute approximate surface area is 138 Å². The van der Waals surface area contributed by atoms with Crippen molar-refractivity contribution in [2.45, 2.75) is 6.54 Å². The smallest absolute Gasteiger partial charge is 0.258 e. The third-order valence-electron chi connectivity index (χ3n) is 3.31. The Morgan fingerprint density at radius 2 is 2.00 bits per heavy atom. The molecule has 1 N–H and O–H groups in total. The molecule has 0 aliphatic carbocycles. The molecule has 0 aliphatic heterocycles. The second-order valence-electron chi connectivity index (χ2n) is 5.01. The van der Waals surface area contributed by atoms with Crippen molar-refractivity contribution >= 4 is 5.91 Å². The molecule has 2 heterocycles. The van der Waals surface area contributed by atoms with E-state index in [1.807, 2.05) is 12.1 Å². The van der Waals surface area contributed by atoms with E-state index in [1.54, 1.807) is 24.6 Å². The summed E-state index contributed by atoms with van der Waals surface area (Å²) in [4.78, 5) is 16.2. The first-order chi connectivity index (χ1) is 11.7. The number of furan rings is 1. The molecule has 0 spiro atoms. The summed E-state index contributed by atoms with van der Waals surface area (Å²) in [7, 11) is 0. The Balaban J connectivity index is 1.56. The summed E-state index contributed by atoms with van der Waals surface area (Å²) >= 11 is 0. The van der Waals surface area contributed by atoms with Crippen LogP contribution in [0.4, 0.5) is 4.39 Å². The van der Waals surface area contributed by atoms with Crippen molar-refractivity contribution < 1.29 is 18.3 Å². The molecule has 0 fully saturated rings. The second kappa shape index (κ2) is 7.41. The number of carbonyl (C=O) groups excluding carboxylic acids is 1. The maximum atomic E-state index is 12.8. The quantitative estimate of drug-likeness (QED) is 0.756. The lowest BCUT2D eigenvalue weighted by molar-refractivity contribution is -0.123. The van der Waals surface area contributed by atoms with Gasteiger partial charge in [-0.1, -0.05) is 6.07 Å². The van der Waals surface area contributed by atoms with Gasteiger partial charge in [-0.15, -0.1) is 0 Å². The van der Waals surface area contributed by atoms with Crippen LogP contribution in [-0.2, 0) is 11.3 Å². The van der Waals surface area contributed by atoms with Crippen LogP contribution < -0.4 is 10.1 Å². The number of hydrogen-bond acceptors (Lipinski definition) is 4.